The highest BCUT2D eigenvalue weighted by Gasteiger charge is 2.12. The number of aromatic nitrogens is 4. The van der Waals surface area contributed by atoms with Crippen LogP contribution in [0.15, 0.2) is 24.8 Å². The van der Waals surface area contributed by atoms with Crippen LogP contribution >= 0.6 is 0 Å². The highest BCUT2D eigenvalue weighted by Crippen LogP contribution is 2.14. The summed E-state index contributed by atoms with van der Waals surface area (Å²) in [5.74, 6) is 0.432. The maximum atomic E-state index is 10.4. The average Bonchev–Trinajstić information content (AvgIpc) is 2.67. The first-order valence-electron chi connectivity index (χ1n) is 3.94. The Morgan fingerprint density at radius 2 is 2.13 bits per heavy atom. The van der Waals surface area contributed by atoms with Crippen LogP contribution in [-0.2, 0) is 0 Å². The summed E-state index contributed by atoms with van der Waals surface area (Å²) in [6.45, 7) is 0. The Morgan fingerprint density at radius 3 is 2.73 bits per heavy atom. The van der Waals surface area contributed by atoms with E-state index in [9.17, 15) is 10.1 Å². The van der Waals surface area contributed by atoms with Crippen molar-refractivity contribution < 1.29 is 4.92 Å². The quantitative estimate of drug-likeness (QED) is 0.552. The molecule has 15 heavy (non-hydrogen) atoms. The monoisotopic (exact) mass is 206 g/mol. The predicted octanol–water partition coefficient (Wildman–Crippen LogP) is 0.153. The molecule has 0 fully saturated rings. The molecule has 8 nitrogen and oxygen atoms in total. The summed E-state index contributed by atoms with van der Waals surface area (Å²) >= 11 is 0. The summed E-state index contributed by atoms with van der Waals surface area (Å²) in [6, 6.07) is 0. The molecule has 0 aliphatic rings. The van der Waals surface area contributed by atoms with Gasteiger partial charge in [0.05, 0.1) is 4.92 Å². The molecule has 0 amide bonds. The highest BCUT2D eigenvalue weighted by molar-refractivity contribution is 5.46. The molecule has 0 aliphatic heterocycles. The first kappa shape index (κ1) is 9.06. The van der Waals surface area contributed by atoms with Crippen LogP contribution in [0.1, 0.15) is 0 Å². The van der Waals surface area contributed by atoms with E-state index in [-0.39, 0.29) is 17.3 Å². The summed E-state index contributed by atoms with van der Waals surface area (Å²) in [6.07, 6.45) is 5.20. The Labute approximate surface area is 83.5 Å². The molecule has 0 saturated heterocycles. The van der Waals surface area contributed by atoms with Crippen LogP contribution in [0, 0.1) is 10.1 Å². The predicted molar refractivity (Wildman–Crippen MR) is 50.2 cm³/mol. The highest BCUT2D eigenvalue weighted by atomic mass is 16.6. The van der Waals surface area contributed by atoms with Crippen LogP contribution in [-0.4, -0.2) is 24.7 Å². The zero-order chi connectivity index (χ0) is 10.8. The lowest BCUT2D eigenvalue weighted by molar-refractivity contribution is -0.384. The zero-order valence-electron chi connectivity index (χ0n) is 7.44. The molecule has 2 heterocycles. The Bertz CT molecular complexity index is 508. The van der Waals surface area contributed by atoms with E-state index in [2.05, 4.69) is 15.1 Å². The van der Waals surface area contributed by atoms with Crippen LogP contribution in [0.3, 0.4) is 0 Å². The molecule has 0 radical (unpaired) electrons. The smallest absolute Gasteiger partial charge is 0.307 e. The van der Waals surface area contributed by atoms with E-state index < -0.39 is 4.92 Å². The molecule has 0 atom stereocenters. The van der Waals surface area contributed by atoms with Gasteiger partial charge in [0.1, 0.15) is 12.4 Å². The minimum Gasteiger partial charge on any atom is -0.381 e. The number of rotatable bonds is 2. The van der Waals surface area contributed by atoms with Crippen LogP contribution < -0.4 is 5.73 Å². The molecule has 8 heteroatoms. The van der Waals surface area contributed by atoms with Gasteiger partial charge in [0, 0.05) is 12.4 Å². The van der Waals surface area contributed by atoms with Gasteiger partial charge in [-0.25, -0.2) is 14.6 Å². The molecule has 76 valence electrons. The molecule has 0 aromatic carbocycles. The van der Waals surface area contributed by atoms with Crippen molar-refractivity contribution in [1.82, 2.24) is 19.7 Å². The summed E-state index contributed by atoms with van der Waals surface area (Å²) in [4.78, 5) is 17.6. The lowest BCUT2D eigenvalue weighted by Crippen LogP contribution is -2.04. The minimum atomic E-state index is -0.546. The largest absolute Gasteiger partial charge is 0.381 e. The molecule has 0 bridgehead atoms. The Morgan fingerprint density at radius 1 is 1.40 bits per heavy atom. The van der Waals surface area contributed by atoms with Gasteiger partial charge in [-0.15, -0.1) is 0 Å². The van der Waals surface area contributed by atoms with Crippen molar-refractivity contribution in [3.05, 3.63) is 34.9 Å². The molecular formula is C7H6N6O2. The molecule has 0 aliphatic carbocycles. The third kappa shape index (κ3) is 1.59. The molecule has 2 aromatic heterocycles. The van der Waals surface area contributed by atoms with Crippen molar-refractivity contribution in [2.45, 2.75) is 0 Å². The molecule has 2 N–H and O–H groups in total. The average molecular weight is 206 g/mol. The number of nitro groups is 1. The summed E-state index contributed by atoms with van der Waals surface area (Å²) in [5, 5.41) is 14.2. The summed E-state index contributed by atoms with van der Waals surface area (Å²) in [5.41, 5.74) is 5.41. The van der Waals surface area contributed by atoms with Crippen LogP contribution in [0.4, 0.5) is 11.5 Å². The van der Waals surface area contributed by atoms with E-state index in [0.717, 1.165) is 6.20 Å². The fraction of sp³-hybridized carbons (Fsp3) is 0. The van der Waals surface area contributed by atoms with E-state index in [1.807, 2.05) is 0 Å². The fourth-order valence-electron chi connectivity index (χ4n) is 1.04. The van der Waals surface area contributed by atoms with Crippen molar-refractivity contribution >= 4 is 11.5 Å². The lowest BCUT2D eigenvalue weighted by Gasteiger charge is -2.00. The lowest BCUT2D eigenvalue weighted by atomic mass is 10.5. The maximum absolute atomic E-state index is 10.4. The number of anilines is 1. The third-order valence-corrected chi connectivity index (χ3v) is 1.70. The minimum absolute atomic E-state index is 0.125. The summed E-state index contributed by atoms with van der Waals surface area (Å²) < 4.78 is 1.21. The molecule has 2 aromatic rings. The number of nitrogens with two attached hydrogens (primary N) is 1. The standard InChI is InChI=1S/C7H6N6O2/c8-6-7(10-2-1-9-6)12-4-5(3-11-12)13(14)15/h1-4H,(H2,8,9). The van der Waals surface area contributed by atoms with Gasteiger partial charge >= 0.3 is 5.69 Å². The topological polar surface area (TPSA) is 113 Å². The van der Waals surface area contributed by atoms with Crippen molar-refractivity contribution in [2.75, 3.05) is 5.73 Å². The van der Waals surface area contributed by atoms with Gasteiger partial charge in [0.15, 0.2) is 11.6 Å². The van der Waals surface area contributed by atoms with E-state index in [4.69, 9.17) is 5.73 Å². The first-order valence-corrected chi connectivity index (χ1v) is 3.94. The van der Waals surface area contributed by atoms with Crippen molar-refractivity contribution in [2.24, 2.45) is 0 Å². The van der Waals surface area contributed by atoms with Crippen LogP contribution in [0.5, 0.6) is 0 Å². The van der Waals surface area contributed by atoms with Gasteiger partial charge in [0.2, 0.25) is 0 Å². The Balaban J connectivity index is 2.46. The van der Waals surface area contributed by atoms with E-state index in [1.54, 1.807) is 0 Å². The third-order valence-electron chi connectivity index (χ3n) is 1.70. The second-order valence-corrected chi connectivity index (χ2v) is 2.67. The Hall–Kier alpha value is -2.51. The molecule has 0 saturated carbocycles. The molecular weight excluding hydrogens is 200 g/mol. The molecule has 0 unspecified atom stereocenters. The Kier molecular flexibility index (Phi) is 2.01. The second kappa shape index (κ2) is 3.33. The van der Waals surface area contributed by atoms with Crippen LogP contribution in [0.25, 0.3) is 5.82 Å². The van der Waals surface area contributed by atoms with E-state index >= 15 is 0 Å². The number of nitrogen functional groups attached to an aromatic ring is 1. The number of hydrogen-bond acceptors (Lipinski definition) is 6. The first-order chi connectivity index (χ1) is 7.18. The van der Waals surface area contributed by atoms with Gasteiger partial charge in [-0.2, -0.15) is 5.10 Å². The van der Waals surface area contributed by atoms with Gasteiger partial charge in [-0.1, -0.05) is 0 Å². The van der Waals surface area contributed by atoms with Crippen molar-refractivity contribution in [1.29, 1.82) is 0 Å². The number of nitrogens with zero attached hydrogens (tertiary/aromatic N) is 5. The van der Waals surface area contributed by atoms with Crippen molar-refractivity contribution in [3.63, 3.8) is 0 Å². The molecule has 2 rings (SSSR count). The second-order valence-electron chi connectivity index (χ2n) is 2.67. The van der Waals surface area contributed by atoms with Crippen molar-refractivity contribution in [3.8, 4) is 5.82 Å². The van der Waals surface area contributed by atoms with E-state index in [0.29, 0.717) is 0 Å². The van der Waals surface area contributed by atoms with Gasteiger partial charge < -0.3 is 5.73 Å². The molecule has 0 spiro atoms. The van der Waals surface area contributed by atoms with E-state index in [1.165, 1.54) is 23.3 Å². The summed E-state index contributed by atoms with van der Waals surface area (Å²) in [7, 11) is 0. The van der Waals surface area contributed by atoms with Gasteiger partial charge in [0.25, 0.3) is 0 Å². The fourth-order valence-corrected chi connectivity index (χ4v) is 1.04. The zero-order valence-corrected chi connectivity index (χ0v) is 7.44. The van der Waals surface area contributed by atoms with Crippen LogP contribution in [0.2, 0.25) is 0 Å². The maximum Gasteiger partial charge on any atom is 0.307 e. The van der Waals surface area contributed by atoms with Gasteiger partial charge in [-0.05, 0) is 0 Å². The van der Waals surface area contributed by atoms with Gasteiger partial charge in [-0.3, -0.25) is 10.1 Å². The normalized spacial score (nSPS) is 10.1. The number of hydrogen-bond donors (Lipinski definition) is 1. The SMILES string of the molecule is Nc1nccnc1-n1cc([N+](=O)[O-])cn1.